The Morgan fingerprint density at radius 1 is 1.18 bits per heavy atom. The number of aliphatic imine (C=N–C) groups is 1. The van der Waals surface area contributed by atoms with Crippen molar-refractivity contribution in [1.82, 2.24) is 0 Å². The lowest BCUT2D eigenvalue weighted by Gasteiger charge is -2.09. The maximum absolute atomic E-state index is 9.44. The average molecular weight is 308 g/mol. The fraction of sp³-hybridized carbons (Fsp3) is 0.368. The van der Waals surface area contributed by atoms with E-state index in [1.54, 1.807) is 11.3 Å². The first kappa shape index (κ1) is 15.0. The van der Waals surface area contributed by atoms with Crippen LogP contribution >= 0.6 is 11.3 Å². The molecule has 3 heteroatoms. The zero-order chi connectivity index (χ0) is 15.5. The van der Waals surface area contributed by atoms with Crippen LogP contribution in [0.3, 0.4) is 0 Å². The van der Waals surface area contributed by atoms with Crippen molar-refractivity contribution in [3.05, 3.63) is 51.4 Å². The molecule has 0 spiro atoms. The molecule has 112 valence electrons. The molecule has 0 saturated heterocycles. The van der Waals surface area contributed by atoms with Gasteiger partial charge in [0.15, 0.2) is 0 Å². The predicted octanol–water partition coefficient (Wildman–Crippen LogP) is 5.37. The first-order valence-electron chi connectivity index (χ1n) is 7.87. The minimum Gasteiger partial charge on any atom is -0.244 e. The highest BCUT2D eigenvalue weighted by molar-refractivity contribution is 7.16. The Balaban J connectivity index is 1.86. The number of nitrogens with zero attached hydrogens (tertiary/aromatic N) is 2. The Labute approximate surface area is 136 Å². The van der Waals surface area contributed by atoms with Crippen LogP contribution in [0.5, 0.6) is 0 Å². The minimum absolute atomic E-state index is 0.542. The van der Waals surface area contributed by atoms with Gasteiger partial charge in [-0.05, 0) is 48.3 Å². The fourth-order valence-electron chi connectivity index (χ4n) is 2.86. The number of thiophene rings is 1. The van der Waals surface area contributed by atoms with E-state index in [1.807, 2.05) is 6.21 Å². The summed E-state index contributed by atoms with van der Waals surface area (Å²) >= 11 is 1.69. The molecule has 0 bridgehead atoms. The second-order valence-electron chi connectivity index (χ2n) is 6.08. The van der Waals surface area contributed by atoms with Gasteiger partial charge in [0.25, 0.3) is 0 Å². The normalized spacial score (nSPS) is 14.3. The molecule has 1 heterocycles. The summed E-state index contributed by atoms with van der Waals surface area (Å²) in [6.45, 7) is 4.39. The smallest absolute Gasteiger partial charge is 0.134 e. The summed E-state index contributed by atoms with van der Waals surface area (Å²) in [6, 6.07) is 10.9. The van der Waals surface area contributed by atoms with Gasteiger partial charge >= 0.3 is 0 Å². The van der Waals surface area contributed by atoms with Gasteiger partial charge in [-0.3, -0.25) is 0 Å². The van der Waals surface area contributed by atoms with Crippen LogP contribution in [-0.4, -0.2) is 6.21 Å². The Morgan fingerprint density at radius 2 is 1.91 bits per heavy atom. The molecule has 22 heavy (non-hydrogen) atoms. The van der Waals surface area contributed by atoms with E-state index in [0.29, 0.717) is 5.92 Å². The van der Waals surface area contributed by atoms with Crippen LogP contribution in [0.15, 0.2) is 29.3 Å². The number of hydrogen-bond acceptors (Lipinski definition) is 3. The minimum atomic E-state index is 0.542. The van der Waals surface area contributed by atoms with E-state index in [1.165, 1.54) is 28.8 Å². The molecule has 3 rings (SSSR count). The zero-order valence-electron chi connectivity index (χ0n) is 13.1. The topological polar surface area (TPSA) is 36.1 Å². The van der Waals surface area contributed by atoms with Crippen molar-refractivity contribution in [2.75, 3.05) is 0 Å². The highest BCUT2D eigenvalue weighted by Crippen LogP contribution is 2.39. The number of nitriles is 1. The number of rotatable bonds is 3. The molecule has 1 aliphatic rings. The third kappa shape index (κ3) is 2.98. The maximum Gasteiger partial charge on any atom is 0.134 e. The first-order valence-corrected chi connectivity index (χ1v) is 8.69. The third-order valence-corrected chi connectivity index (χ3v) is 5.40. The van der Waals surface area contributed by atoms with E-state index in [2.05, 4.69) is 49.2 Å². The molecule has 1 aromatic carbocycles. The van der Waals surface area contributed by atoms with E-state index in [-0.39, 0.29) is 0 Å². The largest absolute Gasteiger partial charge is 0.244 e. The Morgan fingerprint density at radius 3 is 2.59 bits per heavy atom. The van der Waals surface area contributed by atoms with E-state index < -0.39 is 0 Å². The van der Waals surface area contributed by atoms with Gasteiger partial charge in [-0.1, -0.05) is 38.1 Å². The molecular formula is C19H20N2S. The molecule has 0 aliphatic heterocycles. The molecule has 0 saturated carbocycles. The number of benzene rings is 1. The zero-order valence-corrected chi connectivity index (χ0v) is 13.9. The summed E-state index contributed by atoms with van der Waals surface area (Å²) in [5.74, 6) is 0.542. The second kappa shape index (κ2) is 6.46. The SMILES string of the molecule is CC(C)c1ccc(/C=N/c2sc3c(c2C#N)CCCC3)cc1. The third-order valence-electron chi connectivity index (χ3n) is 4.20. The molecule has 1 aliphatic carbocycles. The summed E-state index contributed by atoms with van der Waals surface area (Å²) in [5, 5.41) is 10.3. The lowest BCUT2D eigenvalue weighted by Crippen LogP contribution is -1.99. The van der Waals surface area contributed by atoms with Crippen molar-refractivity contribution in [2.45, 2.75) is 45.4 Å². The molecule has 0 atom stereocenters. The van der Waals surface area contributed by atoms with Gasteiger partial charge in [-0.15, -0.1) is 11.3 Å². The van der Waals surface area contributed by atoms with Crippen LogP contribution in [0.4, 0.5) is 5.00 Å². The van der Waals surface area contributed by atoms with Crippen molar-refractivity contribution in [3.8, 4) is 6.07 Å². The van der Waals surface area contributed by atoms with Crippen LogP contribution in [0.1, 0.15) is 59.7 Å². The van der Waals surface area contributed by atoms with Gasteiger partial charge in [0.2, 0.25) is 0 Å². The molecule has 2 aromatic rings. The maximum atomic E-state index is 9.44. The van der Waals surface area contributed by atoms with Crippen LogP contribution in [-0.2, 0) is 12.8 Å². The molecule has 0 N–H and O–H groups in total. The molecule has 1 aromatic heterocycles. The Kier molecular flexibility index (Phi) is 4.40. The van der Waals surface area contributed by atoms with Crippen LogP contribution in [0, 0.1) is 11.3 Å². The molecule has 0 radical (unpaired) electrons. The van der Waals surface area contributed by atoms with Crippen LogP contribution in [0.2, 0.25) is 0 Å². The summed E-state index contributed by atoms with van der Waals surface area (Å²) in [4.78, 5) is 5.96. The molecular weight excluding hydrogens is 288 g/mol. The van der Waals surface area contributed by atoms with E-state index in [4.69, 9.17) is 0 Å². The highest BCUT2D eigenvalue weighted by atomic mass is 32.1. The monoisotopic (exact) mass is 308 g/mol. The van der Waals surface area contributed by atoms with Crippen molar-refractivity contribution < 1.29 is 0 Å². The fourth-order valence-corrected chi connectivity index (χ4v) is 4.04. The lowest BCUT2D eigenvalue weighted by atomic mass is 9.96. The van der Waals surface area contributed by atoms with Gasteiger partial charge in [0.05, 0.1) is 5.56 Å². The molecule has 2 nitrogen and oxygen atoms in total. The van der Waals surface area contributed by atoms with Crippen LogP contribution < -0.4 is 0 Å². The van der Waals surface area contributed by atoms with Gasteiger partial charge in [-0.2, -0.15) is 5.26 Å². The standard InChI is InChI=1S/C19H20N2S/c1-13(2)15-9-7-14(8-10-15)12-21-19-17(11-20)16-5-3-4-6-18(16)22-19/h7-10,12-13H,3-6H2,1-2H3/b21-12+. The van der Waals surface area contributed by atoms with Crippen molar-refractivity contribution in [1.29, 1.82) is 5.26 Å². The summed E-state index contributed by atoms with van der Waals surface area (Å²) in [5.41, 5.74) is 4.47. The summed E-state index contributed by atoms with van der Waals surface area (Å²) in [6.07, 6.45) is 6.44. The Bertz CT molecular complexity index is 730. The van der Waals surface area contributed by atoms with Crippen LogP contribution in [0.25, 0.3) is 0 Å². The van der Waals surface area contributed by atoms with Crippen molar-refractivity contribution in [3.63, 3.8) is 0 Å². The molecule has 0 unspecified atom stereocenters. The van der Waals surface area contributed by atoms with Gasteiger partial charge in [-0.25, -0.2) is 4.99 Å². The van der Waals surface area contributed by atoms with Crippen molar-refractivity contribution in [2.24, 2.45) is 4.99 Å². The molecule has 0 amide bonds. The van der Waals surface area contributed by atoms with Crippen molar-refractivity contribution >= 4 is 22.6 Å². The first-order chi connectivity index (χ1) is 10.7. The number of aryl methyl sites for hydroxylation is 1. The lowest BCUT2D eigenvalue weighted by molar-refractivity contribution is 0.696. The number of hydrogen-bond donors (Lipinski definition) is 0. The van der Waals surface area contributed by atoms with Gasteiger partial charge in [0, 0.05) is 11.1 Å². The highest BCUT2D eigenvalue weighted by Gasteiger charge is 2.19. The summed E-state index contributed by atoms with van der Waals surface area (Å²) in [7, 11) is 0. The van der Waals surface area contributed by atoms with E-state index in [9.17, 15) is 5.26 Å². The summed E-state index contributed by atoms with van der Waals surface area (Å²) < 4.78 is 0. The molecule has 0 fully saturated rings. The number of fused-ring (bicyclic) bond motifs is 1. The van der Waals surface area contributed by atoms with Gasteiger partial charge in [0.1, 0.15) is 11.1 Å². The second-order valence-corrected chi connectivity index (χ2v) is 7.17. The average Bonchev–Trinajstić information content (AvgIpc) is 2.90. The predicted molar refractivity (Wildman–Crippen MR) is 93.5 cm³/mol. The van der Waals surface area contributed by atoms with E-state index in [0.717, 1.165) is 29.0 Å². The van der Waals surface area contributed by atoms with Gasteiger partial charge < -0.3 is 0 Å². The quantitative estimate of drug-likeness (QED) is 0.702. The Hall–Kier alpha value is -1.92. The van der Waals surface area contributed by atoms with E-state index >= 15 is 0 Å².